The van der Waals surface area contributed by atoms with Crippen LogP contribution in [0.3, 0.4) is 0 Å². The third-order valence-corrected chi connectivity index (χ3v) is 6.39. The number of carbonyl (C=O) groups is 2. The summed E-state index contributed by atoms with van der Waals surface area (Å²) in [6, 6.07) is 22.6. The van der Waals surface area contributed by atoms with Crippen LogP contribution < -0.4 is 20.2 Å². The number of carbonyl (C=O) groups excluding carboxylic acids is 2. The van der Waals surface area contributed by atoms with E-state index in [0.717, 1.165) is 28.0 Å². The first kappa shape index (κ1) is 26.5. The van der Waals surface area contributed by atoms with Gasteiger partial charge in [0.15, 0.2) is 11.5 Å². The van der Waals surface area contributed by atoms with E-state index < -0.39 is 0 Å². The second-order valence-electron chi connectivity index (χ2n) is 8.32. The van der Waals surface area contributed by atoms with Crippen LogP contribution in [0.2, 0.25) is 0 Å². The van der Waals surface area contributed by atoms with Crippen molar-refractivity contribution in [3.8, 4) is 11.5 Å². The van der Waals surface area contributed by atoms with Gasteiger partial charge in [0.05, 0.1) is 19.7 Å². The third-order valence-electron chi connectivity index (χ3n) is 5.55. The van der Waals surface area contributed by atoms with Crippen molar-refractivity contribution in [2.75, 3.05) is 12.4 Å². The van der Waals surface area contributed by atoms with Crippen molar-refractivity contribution in [3.05, 3.63) is 100 Å². The minimum Gasteiger partial charge on any atom is -0.493 e. The van der Waals surface area contributed by atoms with Gasteiger partial charge in [-0.3, -0.25) is 14.9 Å². The lowest BCUT2D eigenvalue weighted by molar-refractivity contribution is -0.120. The highest BCUT2D eigenvalue weighted by atomic mass is 32.1. The summed E-state index contributed by atoms with van der Waals surface area (Å²) in [5.41, 5.74) is 5.66. The SMILES string of the molecule is COc1cc(/C=N\NC(=O)Cc2nnc(NC(=O)c3ccccc3C)s2)ccc1O[C@H](C)c1ccccc1. The van der Waals surface area contributed by atoms with Gasteiger partial charge in [0, 0.05) is 5.56 Å². The minimum atomic E-state index is -0.363. The number of nitrogens with one attached hydrogen (secondary N) is 2. The van der Waals surface area contributed by atoms with Crippen LogP contribution in [0.15, 0.2) is 77.9 Å². The highest BCUT2D eigenvalue weighted by molar-refractivity contribution is 7.15. The number of amides is 2. The minimum absolute atomic E-state index is 0.0251. The first-order chi connectivity index (χ1) is 18.4. The molecule has 0 aliphatic heterocycles. The van der Waals surface area contributed by atoms with Gasteiger partial charge in [-0.2, -0.15) is 5.10 Å². The summed E-state index contributed by atoms with van der Waals surface area (Å²) in [5, 5.41) is 15.4. The second kappa shape index (κ2) is 12.6. The molecule has 9 nitrogen and oxygen atoms in total. The van der Waals surface area contributed by atoms with Crippen LogP contribution in [0.4, 0.5) is 5.13 Å². The zero-order chi connectivity index (χ0) is 26.9. The van der Waals surface area contributed by atoms with E-state index in [4.69, 9.17) is 9.47 Å². The monoisotopic (exact) mass is 529 g/mol. The maximum atomic E-state index is 12.4. The van der Waals surface area contributed by atoms with Crippen molar-refractivity contribution in [3.63, 3.8) is 0 Å². The molecule has 10 heteroatoms. The van der Waals surface area contributed by atoms with E-state index >= 15 is 0 Å². The molecule has 0 fully saturated rings. The molecule has 0 aliphatic rings. The fraction of sp³-hybridized carbons (Fsp3) is 0.179. The highest BCUT2D eigenvalue weighted by Gasteiger charge is 2.14. The molecule has 1 aromatic heterocycles. The Balaban J connectivity index is 1.30. The van der Waals surface area contributed by atoms with Gasteiger partial charge in [-0.05, 0) is 54.8 Å². The zero-order valence-electron chi connectivity index (χ0n) is 21.2. The number of aryl methyl sites for hydroxylation is 1. The summed E-state index contributed by atoms with van der Waals surface area (Å²) in [6.07, 6.45) is 1.34. The van der Waals surface area contributed by atoms with Gasteiger partial charge in [-0.15, -0.1) is 10.2 Å². The molecule has 3 aromatic carbocycles. The fourth-order valence-electron chi connectivity index (χ4n) is 3.57. The number of nitrogens with zero attached hydrogens (tertiary/aromatic N) is 3. The molecule has 0 bridgehead atoms. The molecule has 2 N–H and O–H groups in total. The van der Waals surface area contributed by atoms with E-state index in [-0.39, 0.29) is 24.3 Å². The lowest BCUT2D eigenvalue weighted by Gasteiger charge is -2.17. The molecule has 38 heavy (non-hydrogen) atoms. The first-order valence-electron chi connectivity index (χ1n) is 11.8. The zero-order valence-corrected chi connectivity index (χ0v) is 22.0. The van der Waals surface area contributed by atoms with Crippen LogP contribution in [-0.4, -0.2) is 35.3 Å². The molecule has 0 unspecified atom stereocenters. The van der Waals surface area contributed by atoms with Gasteiger partial charge in [0.2, 0.25) is 11.0 Å². The number of methoxy groups -OCH3 is 1. The number of anilines is 1. The Morgan fingerprint density at radius 2 is 1.79 bits per heavy atom. The summed E-state index contributed by atoms with van der Waals surface area (Å²) in [5.74, 6) is 0.517. The van der Waals surface area contributed by atoms with E-state index in [0.29, 0.717) is 27.2 Å². The van der Waals surface area contributed by atoms with E-state index in [2.05, 4.69) is 26.0 Å². The first-order valence-corrected chi connectivity index (χ1v) is 12.7. The van der Waals surface area contributed by atoms with Crippen molar-refractivity contribution < 1.29 is 19.1 Å². The van der Waals surface area contributed by atoms with E-state index in [1.807, 2.05) is 62.4 Å². The number of aromatic nitrogens is 2. The Labute approximate surface area is 224 Å². The molecule has 0 saturated carbocycles. The summed E-state index contributed by atoms with van der Waals surface area (Å²) in [6.45, 7) is 3.83. The van der Waals surface area contributed by atoms with Gasteiger partial charge in [-0.25, -0.2) is 5.43 Å². The van der Waals surface area contributed by atoms with Crippen molar-refractivity contribution >= 4 is 34.5 Å². The topological polar surface area (TPSA) is 115 Å². The van der Waals surface area contributed by atoms with Gasteiger partial charge >= 0.3 is 0 Å². The van der Waals surface area contributed by atoms with Crippen molar-refractivity contribution in [1.82, 2.24) is 15.6 Å². The predicted octanol–water partition coefficient (Wildman–Crippen LogP) is 4.94. The molecule has 0 spiro atoms. The molecule has 1 heterocycles. The summed E-state index contributed by atoms with van der Waals surface area (Å²) in [4.78, 5) is 24.8. The molecule has 0 saturated heterocycles. The van der Waals surface area contributed by atoms with Crippen molar-refractivity contribution in [2.45, 2.75) is 26.4 Å². The van der Waals surface area contributed by atoms with Gasteiger partial charge < -0.3 is 9.47 Å². The molecular formula is C28H27N5O4S. The molecule has 1 atom stereocenters. The Bertz CT molecular complexity index is 1440. The smallest absolute Gasteiger partial charge is 0.257 e. The van der Waals surface area contributed by atoms with Crippen LogP contribution in [0.1, 0.15) is 45.1 Å². The van der Waals surface area contributed by atoms with E-state index in [9.17, 15) is 9.59 Å². The van der Waals surface area contributed by atoms with Gasteiger partial charge in [-0.1, -0.05) is 59.9 Å². The molecule has 2 amide bonds. The number of hydrazone groups is 1. The average molecular weight is 530 g/mol. The van der Waals surface area contributed by atoms with Crippen molar-refractivity contribution in [1.29, 1.82) is 0 Å². The summed E-state index contributed by atoms with van der Waals surface area (Å²) >= 11 is 1.13. The number of hydrogen-bond donors (Lipinski definition) is 2. The maximum Gasteiger partial charge on any atom is 0.257 e. The molecule has 4 rings (SSSR count). The van der Waals surface area contributed by atoms with Crippen LogP contribution in [0.25, 0.3) is 0 Å². The summed E-state index contributed by atoms with van der Waals surface area (Å²) < 4.78 is 11.5. The number of hydrogen-bond acceptors (Lipinski definition) is 8. The molecule has 194 valence electrons. The van der Waals surface area contributed by atoms with Crippen LogP contribution in [0.5, 0.6) is 11.5 Å². The third kappa shape index (κ3) is 7.01. The molecule has 4 aromatic rings. The molecule has 0 aliphatic carbocycles. The quantitative estimate of drug-likeness (QED) is 0.222. The maximum absolute atomic E-state index is 12.4. The van der Waals surface area contributed by atoms with Crippen LogP contribution in [-0.2, 0) is 11.2 Å². The highest BCUT2D eigenvalue weighted by Crippen LogP contribution is 2.31. The summed E-state index contributed by atoms with van der Waals surface area (Å²) in [7, 11) is 1.57. The van der Waals surface area contributed by atoms with E-state index in [1.54, 1.807) is 31.4 Å². The standard InChI is InChI=1S/C28H27N5O4S/c1-18-9-7-8-12-22(18)27(35)30-28-33-32-26(38-28)16-25(34)31-29-17-20-13-14-23(24(15-20)36-3)37-19(2)21-10-5-4-6-11-21/h4-15,17,19H,16H2,1-3H3,(H,31,34)(H,30,33,35)/b29-17-/t19-/m1/s1. The number of benzene rings is 3. The number of ether oxygens (including phenoxy) is 2. The Kier molecular flexibility index (Phi) is 8.78. The van der Waals surface area contributed by atoms with Crippen LogP contribution >= 0.6 is 11.3 Å². The normalized spacial score (nSPS) is 11.7. The molecule has 0 radical (unpaired) electrons. The van der Waals surface area contributed by atoms with Crippen molar-refractivity contribution in [2.24, 2.45) is 5.10 Å². The van der Waals surface area contributed by atoms with E-state index in [1.165, 1.54) is 6.21 Å². The predicted molar refractivity (Wildman–Crippen MR) is 147 cm³/mol. The Morgan fingerprint density at radius 1 is 1.03 bits per heavy atom. The van der Waals surface area contributed by atoms with Gasteiger partial charge in [0.25, 0.3) is 5.91 Å². The Morgan fingerprint density at radius 3 is 2.55 bits per heavy atom. The molecular weight excluding hydrogens is 502 g/mol. The largest absolute Gasteiger partial charge is 0.493 e. The average Bonchev–Trinajstić information content (AvgIpc) is 3.36. The number of rotatable bonds is 10. The lowest BCUT2D eigenvalue weighted by Crippen LogP contribution is -2.19. The second-order valence-corrected chi connectivity index (χ2v) is 9.38. The van der Waals surface area contributed by atoms with Crippen LogP contribution in [0, 0.1) is 6.92 Å². The fourth-order valence-corrected chi connectivity index (χ4v) is 4.30. The Hall–Kier alpha value is -4.57. The van der Waals surface area contributed by atoms with Gasteiger partial charge in [0.1, 0.15) is 11.1 Å². The lowest BCUT2D eigenvalue weighted by atomic mass is 10.1.